The van der Waals surface area contributed by atoms with Gasteiger partial charge >= 0.3 is 23.1 Å². The number of halogens is 1. The SMILES string of the molecule is Cc1cc[c-]cn1.[Br-].[Mg+2]. The molecule has 1 aromatic rings. The maximum Gasteiger partial charge on any atom is 2.00 e. The molecule has 1 heterocycles. The van der Waals surface area contributed by atoms with Gasteiger partial charge in [0, 0.05) is 0 Å². The summed E-state index contributed by atoms with van der Waals surface area (Å²) < 4.78 is 0. The minimum absolute atomic E-state index is 0. The Morgan fingerprint density at radius 1 is 1.56 bits per heavy atom. The van der Waals surface area contributed by atoms with E-state index in [1.165, 1.54) is 0 Å². The molecule has 44 valence electrons. The van der Waals surface area contributed by atoms with E-state index in [1.807, 2.05) is 19.1 Å². The minimum Gasteiger partial charge on any atom is -1.00 e. The summed E-state index contributed by atoms with van der Waals surface area (Å²) in [6.07, 6.45) is 1.66. The van der Waals surface area contributed by atoms with Crippen LogP contribution in [0.25, 0.3) is 0 Å². The van der Waals surface area contributed by atoms with Crippen LogP contribution in [0.4, 0.5) is 0 Å². The Hall–Kier alpha value is 0.396. The van der Waals surface area contributed by atoms with Crippen molar-refractivity contribution in [2.24, 2.45) is 0 Å². The van der Waals surface area contributed by atoms with Gasteiger partial charge in [-0.15, -0.1) is 0 Å². The van der Waals surface area contributed by atoms with E-state index in [4.69, 9.17) is 0 Å². The van der Waals surface area contributed by atoms with Gasteiger partial charge in [-0.25, -0.2) is 12.1 Å². The molecule has 0 saturated heterocycles. The van der Waals surface area contributed by atoms with Crippen LogP contribution in [0.1, 0.15) is 5.69 Å². The predicted molar refractivity (Wildman–Crippen MR) is 33.6 cm³/mol. The molecule has 0 aliphatic heterocycles. The monoisotopic (exact) mass is 195 g/mol. The van der Waals surface area contributed by atoms with E-state index < -0.39 is 0 Å². The van der Waals surface area contributed by atoms with Crippen molar-refractivity contribution in [3.05, 3.63) is 30.1 Å². The van der Waals surface area contributed by atoms with Gasteiger partial charge in [0.15, 0.2) is 0 Å². The number of nitrogens with zero attached hydrogens (tertiary/aromatic N) is 1. The summed E-state index contributed by atoms with van der Waals surface area (Å²) in [4.78, 5) is 3.92. The first-order valence-corrected chi connectivity index (χ1v) is 2.18. The van der Waals surface area contributed by atoms with E-state index in [0.717, 1.165) is 5.69 Å². The van der Waals surface area contributed by atoms with E-state index in [2.05, 4.69) is 11.1 Å². The number of pyridine rings is 1. The fourth-order valence-corrected chi connectivity index (χ4v) is 0.394. The molecular weight excluding hydrogens is 190 g/mol. The first-order chi connectivity index (χ1) is 3.39. The summed E-state index contributed by atoms with van der Waals surface area (Å²) in [6, 6.07) is 6.59. The van der Waals surface area contributed by atoms with Gasteiger partial charge in [0.05, 0.1) is 0 Å². The molecule has 0 atom stereocenters. The van der Waals surface area contributed by atoms with E-state index in [9.17, 15) is 0 Å². The number of aromatic nitrogens is 1. The maximum atomic E-state index is 3.92. The van der Waals surface area contributed by atoms with Crippen molar-refractivity contribution in [1.82, 2.24) is 4.98 Å². The van der Waals surface area contributed by atoms with E-state index in [1.54, 1.807) is 6.20 Å². The molecule has 1 nitrogen and oxygen atoms in total. The molecule has 0 saturated carbocycles. The molecule has 0 bridgehead atoms. The zero-order valence-electron chi connectivity index (χ0n) is 5.26. The summed E-state index contributed by atoms with van der Waals surface area (Å²) >= 11 is 0. The molecule has 1 rings (SSSR count). The van der Waals surface area contributed by atoms with Gasteiger partial charge in [0.25, 0.3) is 0 Å². The van der Waals surface area contributed by atoms with E-state index >= 15 is 0 Å². The smallest absolute Gasteiger partial charge is 1.00 e. The normalized spacial score (nSPS) is 6.78. The van der Waals surface area contributed by atoms with Crippen molar-refractivity contribution in [3.8, 4) is 0 Å². The van der Waals surface area contributed by atoms with Crippen molar-refractivity contribution in [2.75, 3.05) is 0 Å². The molecule has 0 aromatic carbocycles. The third-order valence-electron chi connectivity index (χ3n) is 0.763. The molecule has 0 radical (unpaired) electrons. The van der Waals surface area contributed by atoms with E-state index in [0.29, 0.717) is 0 Å². The third kappa shape index (κ3) is 4.87. The summed E-state index contributed by atoms with van der Waals surface area (Å²) in [7, 11) is 0. The van der Waals surface area contributed by atoms with Gasteiger partial charge in [-0.3, -0.25) is 0 Å². The largest absolute Gasteiger partial charge is 2.00 e. The van der Waals surface area contributed by atoms with Gasteiger partial charge in [-0.05, 0) is 12.6 Å². The minimum atomic E-state index is 0. The third-order valence-corrected chi connectivity index (χ3v) is 0.763. The summed E-state index contributed by atoms with van der Waals surface area (Å²) in [5.74, 6) is 0. The van der Waals surface area contributed by atoms with Crippen LogP contribution in [-0.4, -0.2) is 28.0 Å². The average Bonchev–Trinajstić information content (AvgIpc) is 1.69. The standard InChI is InChI=1S/C6H6N.BrH.Mg/c1-6-4-2-3-5-7-6;;/h2,4-5H,1H3;1H;/q-1;;+2/p-1. The molecule has 9 heavy (non-hydrogen) atoms. The van der Waals surface area contributed by atoms with Crippen LogP contribution < -0.4 is 17.0 Å². The second-order valence-corrected chi connectivity index (χ2v) is 1.40. The molecule has 1 aromatic heterocycles. The fourth-order valence-electron chi connectivity index (χ4n) is 0.394. The molecule has 0 N–H and O–H groups in total. The van der Waals surface area contributed by atoms with Crippen LogP contribution in [0.2, 0.25) is 0 Å². The second-order valence-electron chi connectivity index (χ2n) is 1.40. The van der Waals surface area contributed by atoms with Gasteiger partial charge in [0.1, 0.15) is 0 Å². The van der Waals surface area contributed by atoms with Gasteiger partial charge in [-0.2, -0.15) is 6.07 Å². The van der Waals surface area contributed by atoms with Crippen LogP contribution in [0, 0.1) is 13.0 Å². The zero-order chi connectivity index (χ0) is 5.11. The van der Waals surface area contributed by atoms with E-state index in [-0.39, 0.29) is 40.0 Å². The summed E-state index contributed by atoms with van der Waals surface area (Å²) in [5.41, 5.74) is 1.04. The van der Waals surface area contributed by atoms with Crippen LogP contribution >= 0.6 is 0 Å². The Bertz CT molecular complexity index is 143. The second kappa shape index (κ2) is 6.52. The number of hydrogen-bond donors (Lipinski definition) is 0. The molecule has 0 aliphatic carbocycles. The Morgan fingerprint density at radius 3 is 2.44 bits per heavy atom. The Balaban J connectivity index is 0. The van der Waals surface area contributed by atoms with Crippen LogP contribution in [0.15, 0.2) is 18.3 Å². The number of hydrogen-bond acceptors (Lipinski definition) is 1. The average molecular weight is 196 g/mol. The van der Waals surface area contributed by atoms with Crippen molar-refractivity contribution in [3.63, 3.8) is 0 Å². The van der Waals surface area contributed by atoms with Crippen LogP contribution in [-0.2, 0) is 0 Å². The topological polar surface area (TPSA) is 12.9 Å². The number of aryl methyl sites for hydroxylation is 1. The quantitative estimate of drug-likeness (QED) is 0.339. The molecule has 0 amide bonds. The molecule has 0 spiro atoms. The molecule has 0 unspecified atom stereocenters. The van der Waals surface area contributed by atoms with Gasteiger partial charge in [0.2, 0.25) is 0 Å². The van der Waals surface area contributed by atoms with Crippen molar-refractivity contribution in [2.45, 2.75) is 6.92 Å². The Labute approximate surface area is 81.8 Å². The van der Waals surface area contributed by atoms with Gasteiger partial charge < -0.3 is 22.0 Å². The first kappa shape index (κ1) is 12.1. The van der Waals surface area contributed by atoms with Crippen molar-refractivity contribution in [1.29, 1.82) is 0 Å². The molecule has 3 heteroatoms. The number of rotatable bonds is 0. The van der Waals surface area contributed by atoms with Crippen molar-refractivity contribution >= 4 is 23.1 Å². The first-order valence-electron chi connectivity index (χ1n) is 2.18. The maximum absolute atomic E-state index is 3.92. The molecule has 0 fully saturated rings. The van der Waals surface area contributed by atoms with Crippen LogP contribution in [0.5, 0.6) is 0 Å². The fraction of sp³-hybridized carbons (Fsp3) is 0.167. The predicted octanol–water partition coefficient (Wildman–Crippen LogP) is -2.19. The van der Waals surface area contributed by atoms with Crippen molar-refractivity contribution < 1.29 is 17.0 Å². The molecular formula is C6H6BrMgN. The van der Waals surface area contributed by atoms with Gasteiger partial charge in [-0.1, -0.05) is 6.20 Å². The Morgan fingerprint density at radius 2 is 2.22 bits per heavy atom. The zero-order valence-corrected chi connectivity index (χ0v) is 8.26. The van der Waals surface area contributed by atoms with Crippen LogP contribution in [0.3, 0.4) is 0 Å². The summed E-state index contributed by atoms with van der Waals surface area (Å²) in [6.45, 7) is 1.95. The Kier molecular flexibility index (Phi) is 8.77. The molecule has 0 aliphatic rings. The summed E-state index contributed by atoms with van der Waals surface area (Å²) in [5, 5.41) is 0.